The summed E-state index contributed by atoms with van der Waals surface area (Å²) >= 11 is 0. The predicted molar refractivity (Wildman–Crippen MR) is 50.7 cm³/mol. The lowest BCUT2D eigenvalue weighted by atomic mass is 10.4. The Morgan fingerprint density at radius 2 is 1.90 bits per heavy atom. The van der Waals surface area contributed by atoms with Crippen molar-refractivity contribution >= 4 is 8.80 Å². The Balaban J connectivity index is 3.44. The normalized spacial score (nSPS) is 10.4. The van der Waals surface area contributed by atoms with E-state index in [1.807, 2.05) is 11.4 Å². The molecule has 0 heterocycles. The second-order valence-electron chi connectivity index (χ2n) is 2.70. The molecule has 0 aliphatic heterocycles. The molecule has 0 aromatic heterocycles. The average molecular weight is 155 g/mol. The number of nitrogens with one attached hydrogen (secondary N) is 1. The Hall–Kier alpha value is -0.343. The summed E-state index contributed by atoms with van der Waals surface area (Å²) in [5.74, 6) is 0. The van der Waals surface area contributed by atoms with Gasteiger partial charge in [-0.25, -0.2) is 0 Å². The van der Waals surface area contributed by atoms with Crippen LogP contribution in [0.4, 0.5) is 0 Å². The van der Waals surface area contributed by atoms with Gasteiger partial charge in [0.25, 0.3) is 0 Å². The molecule has 0 saturated heterocycles. The minimum Gasteiger partial charge on any atom is -0.317 e. The Labute approximate surface area is 65.4 Å². The van der Waals surface area contributed by atoms with E-state index in [4.69, 9.17) is 0 Å². The Bertz CT molecular complexity index is 102. The highest BCUT2D eigenvalue weighted by Crippen LogP contribution is 1.84. The summed E-state index contributed by atoms with van der Waals surface area (Å²) in [6.07, 6.45) is 1.09. The molecule has 2 heteroatoms. The van der Waals surface area contributed by atoms with Crippen molar-refractivity contribution in [1.82, 2.24) is 5.32 Å². The van der Waals surface area contributed by atoms with Crippen molar-refractivity contribution in [3.05, 3.63) is 24.6 Å². The fourth-order valence-corrected chi connectivity index (χ4v) is 1.90. The molecule has 0 bridgehead atoms. The fourth-order valence-electron chi connectivity index (χ4n) is 0.635. The third-order valence-corrected chi connectivity index (χ3v) is 3.29. The van der Waals surface area contributed by atoms with Gasteiger partial charge in [-0.05, 0) is 6.17 Å². The maximum Gasteiger partial charge on any atom is 0.0979 e. The van der Waals surface area contributed by atoms with E-state index in [-0.39, 0.29) is 0 Å². The van der Waals surface area contributed by atoms with E-state index in [1.54, 1.807) is 0 Å². The lowest BCUT2D eigenvalue weighted by Crippen LogP contribution is -2.32. The van der Waals surface area contributed by atoms with Crippen molar-refractivity contribution in [1.29, 1.82) is 0 Å². The van der Waals surface area contributed by atoms with Gasteiger partial charge in [-0.3, -0.25) is 0 Å². The van der Waals surface area contributed by atoms with Crippen LogP contribution in [0.25, 0.3) is 0 Å². The first-order valence-corrected chi connectivity index (χ1v) is 5.84. The lowest BCUT2D eigenvalue weighted by Gasteiger charge is -2.09. The zero-order valence-electron chi connectivity index (χ0n) is 6.93. The fraction of sp³-hybridized carbons (Fsp3) is 0.500. The summed E-state index contributed by atoms with van der Waals surface area (Å²) in [6.45, 7) is 11.8. The maximum atomic E-state index is 3.76. The molecular formula is C8H17NSi. The monoisotopic (exact) mass is 155 g/mol. The smallest absolute Gasteiger partial charge is 0.0979 e. The summed E-state index contributed by atoms with van der Waals surface area (Å²) < 4.78 is 0. The van der Waals surface area contributed by atoms with Crippen molar-refractivity contribution in [2.45, 2.75) is 19.9 Å². The summed E-state index contributed by atoms with van der Waals surface area (Å²) in [5, 5.41) is 3.37. The highest BCUT2D eigenvalue weighted by atomic mass is 28.3. The molecular weight excluding hydrogens is 138 g/mol. The van der Waals surface area contributed by atoms with Gasteiger partial charge in [0.05, 0.1) is 8.80 Å². The second-order valence-corrected chi connectivity index (χ2v) is 5.38. The highest BCUT2D eigenvalue weighted by Gasteiger charge is 1.99. The molecule has 0 unspecified atom stereocenters. The van der Waals surface area contributed by atoms with Gasteiger partial charge in [0, 0.05) is 6.04 Å². The largest absolute Gasteiger partial charge is 0.317 e. The topological polar surface area (TPSA) is 12.0 Å². The lowest BCUT2D eigenvalue weighted by molar-refractivity contribution is 0.648. The van der Waals surface area contributed by atoms with Gasteiger partial charge in [-0.15, -0.1) is 13.2 Å². The van der Waals surface area contributed by atoms with Gasteiger partial charge in [0.2, 0.25) is 0 Å². The minimum absolute atomic E-state index is 0.579. The molecule has 0 aliphatic carbocycles. The Morgan fingerprint density at radius 3 is 2.20 bits per heavy atom. The number of hydrogen-bond donors (Lipinski definition) is 1. The number of hydrogen-bond acceptors (Lipinski definition) is 1. The van der Waals surface area contributed by atoms with E-state index in [2.05, 4.69) is 32.3 Å². The van der Waals surface area contributed by atoms with E-state index >= 15 is 0 Å². The first-order chi connectivity index (χ1) is 4.70. The van der Waals surface area contributed by atoms with Crippen LogP contribution < -0.4 is 5.32 Å². The van der Waals surface area contributed by atoms with Gasteiger partial charge >= 0.3 is 0 Å². The van der Waals surface area contributed by atoms with Crippen LogP contribution in [-0.4, -0.2) is 21.0 Å². The third-order valence-electron chi connectivity index (χ3n) is 1.37. The van der Waals surface area contributed by atoms with Crippen molar-refractivity contribution in [3.63, 3.8) is 0 Å². The zero-order valence-corrected chi connectivity index (χ0v) is 8.09. The summed E-state index contributed by atoms with van der Waals surface area (Å²) in [5.41, 5.74) is 4.09. The molecule has 0 rings (SSSR count). The second kappa shape index (κ2) is 5.44. The summed E-state index contributed by atoms with van der Waals surface area (Å²) in [7, 11) is -0.832. The van der Waals surface area contributed by atoms with Gasteiger partial charge in [0.15, 0.2) is 0 Å². The van der Waals surface area contributed by atoms with E-state index < -0.39 is 8.80 Å². The van der Waals surface area contributed by atoms with Crippen LogP contribution in [0.1, 0.15) is 13.8 Å². The molecule has 1 nitrogen and oxygen atoms in total. The maximum absolute atomic E-state index is 3.76. The van der Waals surface area contributed by atoms with Crippen LogP contribution in [0.5, 0.6) is 0 Å². The molecule has 0 saturated carbocycles. The standard InChI is InChI=1S/C8H17NSi/c1-5-10(6-2)7-9-8(3)4/h5-6,8-10H,1-2,7H2,3-4H3. The van der Waals surface area contributed by atoms with Crippen LogP contribution in [0.2, 0.25) is 0 Å². The van der Waals surface area contributed by atoms with Gasteiger partial charge in [-0.2, -0.15) is 0 Å². The Morgan fingerprint density at radius 1 is 1.40 bits per heavy atom. The highest BCUT2D eigenvalue weighted by molar-refractivity contribution is 6.69. The SMILES string of the molecule is C=C[SiH](C=C)CNC(C)C. The van der Waals surface area contributed by atoms with Gasteiger partial charge in [-0.1, -0.05) is 25.2 Å². The molecule has 0 spiro atoms. The minimum atomic E-state index is -0.832. The molecule has 0 aromatic carbocycles. The van der Waals surface area contributed by atoms with Crippen LogP contribution in [-0.2, 0) is 0 Å². The van der Waals surface area contributed by atoms with Crippen molar-refractivity contribution < 1.29 is 0 Å². The molecule has 0 radical (unpaired) electrons. The van der Waals surface area contributed by atoms with E-state index in [0.29, 0.717) is 6.04 Å². The van der Waals surface area contributed by atoms with E-state index in [0.717, 1.165) is 6.17 Å². The van der Waals surface area contributed by atoms with Gasteiger partial charge in [0.1, 0.15) is 0 Å². The van der Waals surface area contributed by atoms with E-state index in [1.165, 1.54) is 0 Å². The van der Waals surface area contributed by atoms with Crippen LogP contribution >= 0.6 is 0 Å². The van der Waals surface area contributed by atoms with Crippen LogP contribution in [0, 0.1) is 0 Å². The third kappa shape index (κ3) is 4.53. The molecule has 0 aromatic rings. The Kier molecular flexibility index (Phi) is 5.26. The average Bonchev–Trinajstić information content (AvgIpc) is 1.90. The molecule has 0 fully saturated rings. The first-order valence-electron chi connectivity index (χ1n) is 3.69. The molecule has 10 heavy (non-hydrogen) atoms. The van der Waals surface area contributed by atoms with Gasteiger partial charge < -0.3 is 5.32 Å². The van der Waals surface area contributed by atoms with Crippen molar-refractivity contribution in [2.75, 3.05) is 6.17 Å². The molecule has 0 amide bonds. The summed E-state index contributed by atoms with van der Waals surface area (Å²) in [4.78, 5) is 0. The molecule has 0 aliphatic rings. The summed E-state index contributed by atoms with van der Waals surface area (Å²) in [6, 6.07) is 0.579. The molecule has 0 atom stereocenters. The first kappa shape index (κ1) is 9.66. The molecule has 58 valence electrons. The van der Waals surface area contributed by atoms with Crippen LogP contribution in [0.15, 0.2) is 24.6 Å². The van der Waals surface area contributed by atoms with Crippen LogP contribution in [0.3, 0.4) is 0 Å². The van der Waals surface area contributed by atoms with Crippen molar-refractivity contribution in [2.24, 2.45) is 0 Å². The van der Waals surface area contributed by atoms with Crippen molar-refractivity contribution in [3.8, 4) is 0 Å². The molecule has 1 N–H and O–H groups in total. The zero-order chi connectivity index (χ0) is 7.98. The number of rotatable bonds is 5. The van der Waals surface area contributed by atoms with E-state index in [9.17, 15) is 0 Å². The quantitative estimate of drug-likeness (QED) is 0.588. The predicted octanol–water partition coefficient (Wildman–Crippen LogP) is 1.20.